The van der Waals surface area contributed by atoms with Crippen LogP contribution in [0.25, 0.3) is 0 Å². The van der Waals surface area contributed by atoms with Crippen LogP contribution in [0.5, 0.6) is 0 Å². The van der Waals surface area contributed by atoms with Crippen molar-refractivity contribution in [2.75, 3.05) is 13.2 Å². The van der Waals surface area contributed by atoms with Crippen LogP contribution in [0.1, 0.15) is 44.6 Å². The van der Waals surface area contributed by atoms with Gasteiger partial charge in [-0.2, -0.15) is 4.89 Å². The number of rotatable bonds is 7. The van der Waals surface area contributed by atoms with Gasteiger partial charge in [0.1, 0.15) is 5.54 Å². The van der Waals surface area contributed by atoms with Gasteiger partial charge in [0.05, 0.1) is 6.61 Å². The molecule has 0 radical (unpaired) electrons. The van der Waals surface area contributed by atoms with E-state index in [1.807, 2.05) is 24.3 Å². The first-order chi connectivity index (χ1) is 11.1. The molecule has 126 valence electrons. The third-order valence-corrected chi connectivity index (χ3v) is 4.35. The highest BCUT2D eigenvalue weighted by atomic mass is 35.5. The normalized spacial score (nSPS) is 21.2. The maximum Gasteiger partial charge on any atom is 0.339 e. The van der Waals surface area contributed by atoms with E-state index in [2.05, 4.69) is 10.2 Å². The molecule has 6 heteroatoms. The lowest BCUT2D eigenvalue weighted by Crippen LogP contribution is -2.51. The Morgan fingerprint density at radius 2 is 2.13 bits per heavy atom. The summed E-state index contributed by atoms with van der Waals surface area (Å²) in [4.78, 5) is 32.5. The van der Waals surface area contributed by atoms with Crippen molar-refractivity contribution in [2.45, 2.75) is 44.6 Å². The SMILES string of the molecule is CC(=O)OOCCCN[C@]1(c2ccccc2Cl)CCCCC1=O. The Morgan fingerprint density at radius 3 is 2.83 bits per heavy atom. The Kier molecular flexibility index (Phi) is 6.57. The Balaban J connectivity index is 2.02. The first kappa shape index (κ1) is 17.9. The second kappa shape index (κ2) is 8.43. The number of halogens is 1. The molecule has 1 fully saturated rings. The smallest absolute Gasteiger partial charge is 0.301 e. The van der Waals surface area contributed by atoms with Gasteiger partial charge < -0.3 is 5.32 Å². The fourth-order valence-corrected chi connectivity index (χ4v) is 3.26. The van der Waals surface area contributed by atoms with E-state index in [4.69, 9.17) is 16.5 Å². The number of benzene rings is 1. The maximum atomic E-state index is 12.7. The van der Waals surface area contributed by atoms with Crippen LogP contribution in [0.4, 0.5) is 0 Å². The average Bonchev–Trinajstić information content (AvgIpc) is 2.53. The van der Waals surface area contributed by atoms with E-state index in [1.54, 1.807) is 0 Å². The molecule has 1 aromatic rings. The van der Waals surface area contributed by atoms with Crippen molar-refractivity contribution >= 4 is 23.4 Å². The molecule has 1 N–H and O–H groups in total. The van der Waals surface area contributed by atoms with Crippen LogP contribution in [0.3, 0.4) is 0 Å². The summed E-state index contributed by atoms with van der Waals surface area (Å²) in [6, 6.07) is 7.48. The summed E-state index contributed by atoms with van der Waals surface area (Å²) >= 11 is 6.34. The highest BCUT2D eigenvalue weighted by molar-refractivity contribution is 6.31. The number of nitrogens with one attached hydrogen (secondary N) is 1. The van der Waals surface area contributed by atoms with Crippen molar-refractivity contribution < 1.29 is 19.4 Å². The van der Waals surface area contributed by atoms with E-state index in [9.17, 15) is 9.59 Å². The zero-order valence-electron chi connectivity index (χ0n) is 13.3. The molecule has 5 nitrogen and oxygen atoms in total. The van der Waals surface area contributed by atoms with E-state index in [0.717, 1.165) is 24.8 Å². The third kappa shape index (κ3) is 4.53. The molecule has 1 aliphatic rings. The van der Waals surface area contributed by atoms with Gasteiger partial charge >= 0.3 is 5.97 Å². The van der Waals surface area contributed by atoms with E-state index in [1.165, 1.54) is 6.92 Å². The standard InChI is InChI=1S/C17H22ClNO4/c1-13(20)23-22-12-6-11-19-17(10-5-4-9-16(17)21)14-7-2-3-8-15(14)18/h2-3,7-8,19H,4-6,9-12H2,1H3/t17-/m0/s1. The van der Waals surface area contributed by atoms with Crippen molar-refractivity contribution in [3.63, 3.8) is 0 Å². The van der Waals surface area contributed by atoms with Crippen molar-refractivity contribution in [1.29, 1.82) is 0 Å². The summed E-state index contributed by atoms with van der Waals surface area (Å²) < 4.78 is 0. The van der Waals surface area contributed by atoms with Crippen LogP contribution >= 0.6 is 11.6 Å². The largest absolute Gasteiger partial charge is 0.339 e. The van der Waals surface area contributed by atoms with Crippen LogP contribution in [-0.4, -0.2) is 24.9 Å². The summed E-state index contributed by atoms with van der Waals surface area (Å²) in [5.74, 6) is -0.300. The molecule has 0 unspecified atom stereocenters. The molecule has 1 aromatic carbocycles. The topological polar surface area (TPSA) is 64.6 Å². The molecule has 0 aromatic heterocycles. The van der Waals surface area contributed by atoms with E-state index >= 15 is 0 Å². The second-order valence-electron chi connectivity index (χ2n) is 5.69. The Hall–Kier alpha value is -1.43. The molecule has 0 saturated heterocycles. The van der Waals surface area contributed by atoms with Gasteiger partial charge in [-0.15, -0.1) is 0 Å². The van der Waals surface area contributed by atoms with E-state index in [0.29, 0.717) is 24.4 Å². The number of hydrogen-bond donors (Lipinski definition) is 1. The zero-order chi connectivity index (χ0) is 16.7. The third-order valence-electron chi connectivity index (χ3n) is 4.02. The maximum absolute atomic E-state index is 12.7. The molecular weight excluding hydrogens is 318 g/mol. The van der Waals surface area contributed by atoms with Gasteiger partial charge in [0.25, 0.3) is 0 Å². The fourth-order valence-electron chi connectivity index (χ4n) is 2.96. The van der Waals surface area contributed by atoms with E-state index in [-0.39, 0.29) is 12.4 Å². The number of hydrogen-bond acceptors (Lipinski definition) is 5. The first-order valence-electron chi connectivity index (χ1n) is 7.89. The lowest BCUT2D eigenvalue weighted by Gasteiger charge is -2.38. The van der Waals surface area contributed by atoms with Gasteiger partial charge in [0.2, 0.25) is 0 Å². The van der Waals surface area contributed by atoms with Crippen LogP contribution in [0.2, 0.25) is 5.02 Å². The monoisotopic (exact) mass is 339 g/mol. The number of carbonyl (C=O) groups excluding carboxylic acids is 2. The molecule has 0 heterocycles. The van der Waals surface area contributed by atoms with Gasteiger partial charge in [0, 0.05) is 18.4 Å². The molecule has 1 saturated carbocycles. The highest BCUT2D eigenvalue weighted by Crippen LogP contribution is 2.37. The first-order valence-corrected chi connectivity index (χ1v) is 8.27. The molecule has 0 bridgehead atoms. The van der Waals surface area contributed by atoms with Gasteiger partial charge in [-0.1, -0.05) is 36.2 Å². The van der Waals surface area contributed by atoms with Gasteiger partial charge in [0.15, 0.2) is 5.78 Å². The Morgan fingerprint density at radius 1 is 1.35 bits per heavy atom. The van der Waals surface area contributed by atoms with Crippen molar-refractivity contribution in [3.05, 3.63) is 34.9 Å². The van der Waals surface area contributed by atoms with Crippen LogP contribution in [-0.2, 0) is 24.9 Å². The number of ketones is 1. The molecule has 23 heavy (non-hydrogen) atoms. The summed E-state index contributed by atoms with van der Waals surface area (Å²) in [5.41, 5.74) is 0.116. The Labute approximate surface area is 141 Å². The summed E-state index contributed by atoms with van der Waals surface area (Å²) in [6.45, 7) is 2.13. The fraction of sp³-hybridized carbons (Fsp3) is 0.529. The highest BCUT2D eigenvalue weighted by Gasteiger charge is 2.41. The quantitative estimate of drug-likeness (QED) is 0.469. The summed E-state index contributed by atoms with van der Waals surface area (Å²) in [6.07, 6.45) is 3.81. The van der Waals surface area contributed by atoms with Gasteiger partial charge in [-0.25, -0.2) is 4.79 Å². The number of carbonyl (C=O) groups is 2. The molecule has 2 rings (SSSR count). The van der Waals surface area contributed by atoms with Crippen molar-refractivity contribution in [3.8, 4) is 0 Å². The van der Waals surface area contributed by atoms with Crippen LogP contribution in [0, 0.1) is 0 Å². The molecule has 0 amide bonds. The minimum Gasteiger partial charge on any atom is -0.301 e. The predicted octanol–water partition coefficient (Wildman–Crippen LogP) is 3.15. The number of Topliss-reactive ketones (excluding diaryl/α,β-unsaturated/α-hetero) is 1. The molecule has 0 spiro atoms. The minimum atomic E-state index is -0.724. The van der Waals surface area contributed by atoms with Gasteiger partial charge in [-0.05, 0) is 37.4 Å². The van der Waals surface area contributed by atoms with Crippen molar-refractivity contribution in [2.24, 2.45) is 0 Å². The summed E-state index contributed by atoms with van der Waals surface area (Å²) in [7, 11) is 0. The lowest BCUT2D eigenvalue weighted by atomic mass is 9.75. The average molecular weight is 340 g/mol. The lowest BCUT2D eigenvalue weighted by molar-refractivity contribution is -0.270. The van der Waals surface area contributed by atoms with Crippen molar-refractivity contribution in [1.82, 2.24) is 5.32 Å². The molecular formula is C17H22ClNO4. The summed E-state index contributed by atoms with van der Waals surface area (Å²) in [5, 5.41) is 3.98. The molecule has 1 aliphatic carbocycles. The van der Waals surface area contributed by atoms with E-state index < -0.39 is 11.5 Å². The molecule has 0 aliphatic heterocycles. The van der Waals surface area contributed by atoms with Gasteiger partial charge in [-0.3, -0.25) is 9.68 Å². The predicted molar refractivity (Wildman–Crippen MR) is 86.9 cm³/mol. The van der Waals surface area contributed by atoms with Crippen LogP contribution < -0.4 is 5.32 Å². The minimum absolute atomic E-state index is 0.178. The van der Waals surface area contributed by atoms with Crippen LogP contribution in [0.15, 0.2) is 24.3 Å². The second-order valence-corrected chi connectivity index (χ2v) is 6.10. The Bertz CT molecular complexity index is 563. The molecule has 1 atom stereocenters. The zero-order valence-corrected chi connectivity index (χ0v) is 14.0.